The van der Waals surface area contributed by atoms with Crippen molar-refractivity contribution in [3.05, 3.63) is 71.0 Å². The van der Waals surface area contributed by atoms with Crippen molar-refractivity contribution in [3.8, 4) is 0 Å². The molecule has 0 amide bonds. The number of rotatable bonds is 5. The molecule has 0 aliphatic heterocycles. The fraction of sp³-hybridized carbons (Fsp3) is 0.294. The number of aliphatic hydroxyl groups excluding tert-OH is 1. The van der Waals surface area contributed by atoms with Crippen LogP contribution >= 0.6 is 0 Å². The second-order valence-electron chi connectivity index (χ2n) is 4.77. The molecule has 0 saturated heterocycles. The van der Waals surface area contributed by atoms with Crippen molar-refractivity contribution in [1.29, 1.82) is 0 Å². The van der Waals surface area contributed by atoms with Crippen molar-refractivity contribution in [2.45, 2.75) is 32.3 Å². The molecule has 1 unspecified atom stereocenters. The number of hydrogen-bond acceptors (Lipinski definition) is 1. The Morgan fingerprint density at radius 2 is 1.74 bits per heavy atom. The Bertz CT molecular complexity index is 519. The van der Waals surface area contributed by atoms with Gasteiger partial charge in [0, 0.05) is 5.56 Å². The summed E-state index contributed by atoms with van der Waals surface area (Å²) in [7, 11) is 0. The van der Waals surface area contributed by atoms with E-state index in [2.05, 4.69) is 6.92 Å². The van der Waals surface area contributed by atoms with E-state index in [1.165, 1.54) is 18.1 Å². The molecule has 0 aliphatic carbocycles. The van der Waals surface area contributed by atoms with Crippen LogP contribution in [0.5, 0.6) is 0 Å². The number of hydrogen-bond donors (Lipinski definition) is 1. The first-order valence-corrected chi connectivity index (χ1v) is 6.73. The molecule has 0 radical (unpaired) electrons. The average Bonchev–Trinajstić information content (AvgIpc) is 2.45. The van der Waals surface area contributed by atoms with E-state index in [-0.39, 0.29) is 5.82 Å². The molecule has 0 saturated carbocycles. The number of benzene rings is 2. The van der Waals surface area contributed by atoms with Crippen LogP contribution in [0.2, 0.25) is 0 Å². The fourth-order valence-electron chi connectivity index (χ4n) is 2.12. The van der Waals surface area contributed by atoms with Crippen LogP contribution in [-0.4, -0.2) is 5.11 Å². The number of unbranched alkanes of at least 4 members (excludes halogenated alkanes) is 1. The summed E-state index contributed by atoms with van der Waals surface area (Å²) in [5, 5.41) is 10.2. The van der Waals surface area contributed by atoms with Crippen molar-refractivity contribution in [2.75, 3.05) is 0 Å². The van der Waals surface area contributed by atoms with E-state index in [4.69, 9.17) is 0 Å². The highest BCUT2D eigenvalue weighted by molar-refractivity contribution is 5.32. The Balaban J connectivity index is 2.16. The first-order chi connectivity index (χ1) is 9.22. The topological polar surface area (TPSA) is 20.2 Å². The van der Waals surface area contributed by atoms with E-state index in [0.717, 1.165) is 18.4 Å². The molecule has 0 spiro atoms. The van der Waals surface area contributed by atoms with Crippen molar-refractivity contribution in [3.63, 3.8) is 0 Å². The smallest absolute Gasteiger partial charge is 0.129 e. The van der Waals surface area contributed by atoms with Crippen molar-refractivity contribution in [2.24, 2.45) is 0 Å². The molecular formula is C17H19FO. The fourth-order valence-corrected chi connectivity index (χ4v) is 2.12. The molecule has 2 aromatic carbocycles. The lowest BCUT2D eigenvalue weighted by atomic mass is 9.99. The Labute approximate surface area is 113 Å². The molecule has 1 atom stereocenters. The predicted molar refractivity (Wildman–Crippen MR) is 75.5 cm³/mol. The Morgan fingerprint density at radius 1 is 1.05 bits per heavy atom. The van der Waals surface area contributed by atoms with Crippen LogP contribution in [0, 0.1) is 5.82 Å². The van der Waals surface area contributed by atoms with Crippen molar-refractivity contribution >= 4 is 0 Å². The van der Waals surface area contributed by atoms with Gasteiger partial charge in [0.2, 0.25) is 0 Å². The summed E-state index contributed by atoms with van der Waals surface area (Å²) in [6.45, 7) is 2.16. The van der Waals surface area contributed by atoms with Gasteiger partial charge in [-0.1, -0.05) is 55.8 Å². The molecular weight excluding hydrogens is 239 g/mol. The lowest BCUT2D eigenvalue weighted by Gasteiger charge is -2.13. The molecule has 19 heavy (non-hydrogen) atoms. The molecule has 100 valence electrons. The van der Waals surface area contributed by atoms with Crippen molar-refractivity contribution in [1.82, 2.24) is 0 Å². The first-order valence-electron chi connectivity index (χ1n) is 6.73. The summed E-state index contributed by atoms with van der Waals surface area (Å²) in [4.78, 5) is 0. The normalized spacial score (nSPS) is 12.4. The van der Waals surface area contributed by atoms with E-state index in [1.807, 2.05) is 24.3 Å². The van der Waals surface area contributed by atoms with Crippen LogP contribution in [0.1, 0.15) is 42.6 Å². The summed E-state index contributed by atoms with van der Waals surface area (Å²) < 4.78 is 13.6. The predicted octanol–water partition coefficient (Wildman–Crippen LogP) is 4.25. The summed E-state index contributed by atoms with van der Waals surface area (Å²) in [5.74, 6) is -0.370. The maximum absolute atomic E-state index is 13.6. The van der Waals surface area contributed by atoms with Gasteiger partial charge in [-0.25, -0.2) is 4.39 Å². The molecule has 1 nitrogen and oxygen atoms in total. The third-order valence-electron chi connectivity index (χ3n) is 3.31. The van der Waals surface area contributed by atoms with Gasteiger partial charge in [-0.05, 0) is 30.0 Å². The van der Waals surface area contributed by atoms with E-state index in [0.29, 0.717) is 5.56 Å². The minimum Gasteiger partial charge on any atom is -0.384 e. The quantitative estimate of drug-likeness (QED) is 0.850. The zero-order valence-corrected chi connectivity index (χ0v) is 11.1. The van der Waals surface area contributed by atoms with Crippen LogP contribution < -0.4 is 0 Å². The summed E-state index contributed by atoms with van der Waals surface area (Å²) >= 11 is 0. The molecule has 0 fully saturated rings. The van der Waals surface area contributed by atoms with Crippen LogP contribution in [0.3, 0.4) is 0 Å². The van der Waals surface area contributed by atoms with Gasteiger partial charge in [0.1, 0.15) is 11.9 Å². The lowest BCUT2D eigenvalue weighted by Crippen LogP contribution is -2.02. The van der Waals surface area contributed by atoms with E-state index < -0.39 is 6.10 Å². The molecule has 2 rings (SSSR count). The van der Waals surface area contributed by atoms with Gasteiger partial charge in [0.15, 0.2) is 0 Å². The standard InChI is InChI=1S/C17H19FO/c1-2-3-6-13-9-11-14(12-10-13)17(19)15-7-4-5-8-16(15)18/h4-5,7-12,17,19H,2-3,6H2,1H3. The zero-order chi connectivity index (χ0) is 13.7. The highest BCUT2D eigenvalue weighted by Crippen LogP contribution is 2.24. The molecule has 2 heteroatoms. The molecule has 0 bridgehead atoms. The van der Waals surface area contributed by atoms with E-state index in [1.54, 1.807) is 18.2 Å². The largest absolute Gasteiger partial charge is 0.384 e. The number of aliphatic hydroxyl groups is 1. The third kappa shape index (κ3) is 3.42. The third-order valence-corrected chi connectivity index (χ3v) is 3.31. The van der Waals surface area contributed by atoms with E-state index in [9.17, 15) is 9.50 Å². The van der Waals surface area contributed by atoms with Crippen LogP contribution in [0.25, 0.3) is 0 Å². The van der Waals surface area contributed by atoms with Crippen LogP contribution in [0.4, 0.5) is 4.39 Å². The maximum Gasteiger partial charge on any atom is 0.129 e. The molecule has 1 N–H and O–H groups in total. The molecule has 2 aromatic rings. The second-order valence-corrected chi connectivity index (χ2v) is 4.77. The van der Waals surface area contributed by atoms with Gasteiger partial charge in [-0.3, -0.25) is 0 Å². The number of halogens is 1. The summed E-state index contributed by atoms with van der Waals surface area (Å²) in [5.41, 5.74) is 2.31. The second kappa shape index (κ2) is 6.48. The SMILES string of the molecule is CCCCc1ccc(C(O)c2ccccc2F)cc1. The van der Waals surface area contributed by atoms with Gasteiger partial charge in [-0.15, -0.1) is 0 Å². The highest BCUT2D eigenvalue weighted by atomic mass is 19.1. The van der Waals surface area contributed by atoms with Crippen LogP contribution in [-0.2, 0) is 6.42 Å². The molecule has 0 heterocycles. The summed E-state index contributed by atoms with van der Waals surface area (Å²) in [6, 6.07) is 14.1. The number of aryl methyl sites for hydroxylation is 1. The minimum absolute atomic E-state index is 0.323. The van der Waals surface area contributed by atoms with Gasteiger partial charge in [-0.2, -0.15) is 0 Å². The van der Waals surface area contributed by atoms with Crippen molar-refractivity contribution < 1.29 is 9.50 Å². The monoisotopic (exact) mass is 258 g/mol. The molecule has 0 aromatic heterocycles. The Kier molecular flexibility index (Phi) is 4.69. The zero-order valence-electron chi connectivity index (χ0n) is 11.1. The van der Waals surface area contributed by atoms with Crippen LogP contribution in [0.15, 0.2) is 48.5 Å². The van der Waals surface area contributed by atoms with Gasteiger partial charge in [0.05, 0.1) is 0 Å². The summed E-state index contributed by atoms with van der Waals surface area (Å²) in [6.07, 6.45) is 2.47. The van der Waals surface area contributed by atoms with Gasteiger partial charge < -0.3 is 5.11 Å². The highest BCUT2D eigenvalue weighted by Gasteiger charge is 2.13. The molecule has 0 aliphatic rings. The maximum atomic E-state index is 13.6. The minimum atomic E-state index is -0.901. The lowest BCUT2D eigenvalue weighted by molar-refractivity contribution is 0.215. The van der Waals surface area contributed by atoms with E-state index >= 15 is 0 Å². The van der Waals surface area contributed by atoms with Gasteiger partial charge >= 0.3 is 0 Å². The Morgan fingerprint density at radius 3 is 2.37 bits per heavy atom. The van der Waals surface area contributed by atoms with Gasteiger partial charge in [0.25, 0.3) is 0 Å². The first kappa shape index (κ1) is 13.8. The Hall–Kier alpha value is -1.67. The average molecular weight is 258 g/mol.